The van der Waals surface area contributed by atoms with E-state index in [9.17, 15) is 18.4 Å². The Morgan fingerprint density at radius 1 is 1.29 bits per heavy atom. The van der Waals surface area contributed by atoms with Crippen molar-refractivity contribution >= 4 is 11.9 Å². The molecule has 1 aliphatic rings. The average Bonchev–Trinajstić information content (AvgIpc) is 2.68. The largest absolute Gasteiger partial charge is 0.465 e. The van der Waals surface area contributed by atoms with E-state index in [-0.39, 0.29) is 23.7 Å². The summed E-state index contributed by atoms with van der Waals surface area (Å²) in [6.45, 7) is 5.46. The second-order valence-corrected chi connectivity index (χ2v) is 6.06. The van der Waals surface area contributed by atoms with Gasteiger partial charge in [-0.1, -0.05) is 49.1 Å². The molecule has 28 heavy (non-hydrogen) atoms. The van der Waals surface area contributed by atoms with Crippen molar-refractivity contribution in [3.63, 3.8) is 0 Å². The second-order valence-electron chi connectivity index (χ2n) is 6.06. The maximum atomic E-state index is 14.2. The Morgan fingerprint density at radius 2 is 2.04 bits per heavy atom. The van der Waals surface area contributed by atoms with Crippen LogP contribution in [-0.4, -0.2) is 41.6 Å². The van der Waals surface area contributed by atoms with Crippen molar-refractivity contribution in [1.29, 1.82) is 0 Å². The second kappa shape index (κ2) is 9.75. The highest BCUT2D eigenvalue weighted by molar-refractivity contribution is 6.16. The predicted octanol–water partition coefficient (Wildman–Crippen LogP) is 3.31. The topological polar surface area (TPSA) is 49.9 Å². The standard InChI is InChI=1S/C21H22F2N2O3/c1-4-5-6-7-8-12-24-15(2)13-17(21(27)28-3)20(26)25(24)14-16-10-9-11-18(22)19(16)23/h4-11,13,15H,1,12,14H2,2-3H3/b6-5-,8-7-. The number of rotatable bonds is 7. The van der Waals surface area contributed by atoms with Crippen LogP contribution >= 0.6 is 0 Å². The van der Waals surface area contributed by atoms with Gasteiger partial charge in [0.2, 0.25) is 0 Å². The first-order valence-corrected chi connectivity index (χ1v) is 8.66. The van der Waals surface area contributed by atoms with Gasteiger partial charge in [-0.05, 0) is 19.1 Å². The molecule has 1 heterocycles. The van der Waals surface area contributed by atoms with Crippen molar-refractivity contribution in [1.82, 2.24) is 10.0 Å². The Morgan fingerprint density at radius 3 is 2.71 bits per heavy atom. The lowest BCUT2D eigenvalue weighted by Gasteiger charge is -2.41. The van der Waals surface area contributed by atoms with Gasteiger partial charge in [0.15, 0.2) is 11.6 Å². The van der Waals surface area contributed by atoms with Crippen LogP contribution in [0.2, 0.25) is 0 Å². The van der Waals surface area contributed by atoms with Gasteiger partial charge < -0.3 is 4.74 Å². The van der Waals surface area contributed by atoms with Crippen LogP contribution in [0.25, 0.3) is 0 Å². The fraction of sp³-hybridized carbons (Fsp3) is 0.238. The quantitative estimate of drug-likeness (QED) is 0.409. The fourth-order valence-corrected chi connectivity index (χ4v) is 2.79. The van der Waals surface area contributed by atoms with Gasteiger partial charge in [0.25, 0.3) is 5.91 Å². The van der Waals surface area contributed by atoms with Crippen molar-refractivity contribution < 1.29 is 23.1 Å². The number of hydrazine groups is 1. The Hall–Kier alpha value is -3.06. The molecule has 0 N–H and O–H groups in total. The fourth-order valence-electron chi connectivity index (χ4n) is 2.79. The van der Waals surface area contributed by atoms with E-state index in [0.29, 0.717) is 6.54 Å². The zero-order valence-corrected chi connectivity index (χ0v) is 15.8. The van der Waals surface area contributed by atoms with Crippen LogP contribution in [0.5, 0.6) is 0 Å². The molecular weight excluding hydrogens is 366 g/mol. The number of hydrogen-bond acceptors (Lipinski definition) is 4. The van der Waals surface area contributed by atoms with Crippen LogP contribution in [0.3, 0.4) is 0 Å². The van der Waals surface area contributed by atoms with Crippen LogP contribution in [0.15, 0.2) is 66.8 Å². The first-order chi connectivity index (χ1) is 13.4. The van der Waals surface area contributed by atoms with Crippen LogP contribution < -0.4 is 0 Å². The predicted molar refractivity (Wildman–Crippen MR) is 102 cm³/mol. The van der Waals surface area contributed by atoms with Crippen molar-refractivity contribution in [2.45, 2.75) is 19.5 Å². The van der Waals surface area contributed by atoms with Gasteiger partial charge in [0.05, 0.1) is 13.7 Å². The molecule has 0 aromatic heterocycles. The minimum atomic E-state index is -1.03. The van der Waals surface area contributed by atoms with Gasteiger partial charge in [-0.25, -0.2) is 18.6 Å². The highest BCUT2D eigenvalue weighted by Crippen LogP contribution is 2.23. The third-order valence-electron chi connectivity index (χ3n) is 4.20. The van der Waals surface area contributed by atoms with E-state index < -0.39 is 23.5 Å². The SMILES string of the molecule is C=C/C=C\C=C/CN1C(C)C=C(C(=O)OC)C(=O)N1Cc1cccc(F)c1F. The Balaban J connectivity index is 2.37. The highest BCUT2D eigenvalue weighted by atomic mass is 19.2. The summed E-state index contributed by atoms with van der Waals surface area (Å²) in [4.78, 5) is 24.8. The lowest BCUT2D eigenvalue weighted by atomic mass is 10.1. The van der Waals surface area contributed by atoms with Crippen molar-refractivity contribution in [3.8, 4) is 0 Å². The highest BCUT2D eigenvalue weighted by Gasteiger charge is 2.36. The third-order valence-corrected chi connectivity index (χ3v) is 4.20. The molecule has 7 heteroatoms. The average molecular weight is 388 g/mol. The van der Waals surface area contributed by atoms with Crippen molar-refractivity contribution in [3.05, 3.63) is 84.0 Å². The number of esters is 1. The minimum Gasteiger partial charge on any atom is -0.465 e. The first-order valence-electron chi connectivity index (χ1n) is 8.66. The summed E-state index contributed by atoms with van der Waals surface area (Å²) in [6.07, 6.45) is 10.2. The van der Waals surface area contributed by atoms with Crippen LogP contribution in [-0.2, 0) is 20.9 Å². The summed E-state index contributed by atoms with van der Waals surface area (Å²) in [7, 11) is 1.18. The van der Waals surface area contributed by atoms with Crippen LogP contribution in [0.4, 0.5) is 8.78 Å². The number of carbonyl (C=O) groups excluding carboxylic acids is 2. The van der Waals surface area contributed by atoms with Gasteiger partial charge in [0, 0.05) is 18.2 Å². The molecule has 1 aromatic rings. The lowest BCUT2D eigenvalue weighted by Crippen LogP contribution is -2.54. The van der Waals surface area contributed by atoms with E-state index >= 15 is 0 Å². The molecule has 1 aliphatic heterocycles. The van der Waals surface area contributed by atoms with E-state index in [0.717, 1.165) is 6.07 Å². The zero-order chi connectivity index (χ0) is 20.7. The molecule has 0 radical (unpaired) electrons. The van der Waals surface area contributed by atoms with Crippen molar-refractivity contribution in [2.75, 3.05) is 13.7 Å². The molecule has 0 aliphatic carbocycles. The molecule has 0 bridgehead atoms. The molecule has 0 saturated heterocycles. The van der Waals surface area contributed by atoms with Crippen LogP contribution in [0.1, 0.15) is 12.5 Å². The number of nitrogens with zero attached hydrogens (tertiary/aromatic N) is 2. The third kappa shape index (κ3) is 4.80. The summed E-state index contributed by atoms with van der Waals surface area (Å²) in [5.41, 5.74) is -0.134. The maximum Gasteiger partial charge on any atom is 0.343 e. The van der Waals surface area contributed by atoms with Crippen molar-refractivity contribution in [2.24, 2.45) is 0 Å². The monoisotopic (exact) mass is 388 g/mol. The van der Waals surface area contributed by atoms with E-state index in [1.54, 1.807) is 42.3 Å². The lowest BCUT2D eigenvalue weighted by molar-refractivity contribution is -0.154. The van der Waals surface area contributed by atoms with E-state index in [4.69, 9.17) is 0 Å². The summed E-state index contributed by atoms with van der Waals surface area (Å²) in [6, 6.07) is 3.42. The molecule has 0 spiro atoms. The number of methoxy groups -OCH3 is 1. The number of allylic oxidation sites excluding steroid dienone is 4. The number of halogens is 2. The van der Waals surface area contributed by atoms with E-state index in [1.165, 1.54) is 30.3 Å². The van der Waals surface area contributed by atoms with Gasteiger partial charge in [-0.2, -0.15) is 0 Å². The van der Waals surface area contributed by atoms with Gasteiger partial charge in [0.1, 0.15) is 5.57 Å². The minimum absolute atomic E-state index is 0.00667. The summed E-state index contributed by atoms with van der Waals surface area (Å²) in [5.74, 6) is -3.43. The number of hydrogen-bond donors (Lipinski definition) is 0. The molecule has 1 aromatic carbocycles. The smallest absolute Gasteiger partial charge is 0.343 e. The summed E-state index contributed by atoms with van der Waals surface area (Å²) in [5, 5.41) is 2.90. The molecule has 5 nitrogen and oxygen atoms in total. The Bertz CT molecular complexity index is 846. The van der Waals surface area contributed by atoms with E-state index in [2.05, 4.69) is 11.3 Å². The van der Waals surface area contributed by atoms with Gasteiger partial charge in [-0.15, -0.1) is 0 Å². The molecule has 0 fully saturated rings. The van der Waals surface area contributed by atoms with Crippen LogP contribution in [0, 0.1) is 11.6 Å². The number of ether oxygens (including phenoxy) is 1. The van der Waals surface area contributed by atoms with E-state index in [1.807, 2.05) is 0 Å². The first kappa shape index (κ1) is 21.2. The molecule has 1 amide bonds. The maximum absolute atomic E-state index is 14.2. The summed E-state index contributed by atoms with van der Waals surface area (Å²) >= 11 is 0. The number of amides is 1. The number of benzene rings is 1. The number of carbonyl (C=O) groups is 2. The molecule has 1 unspecified atom stereocenters. The Labute approximate surface area is 162 Å². The molecule has 2 rings (SSSR count). The normalized spacial score (nSPS) is 18.0. The molecule has 1 atom stereocenters. The van der Waals surface area contributed by atoms with Gasteiger partial charge in [-0.3, -0.25) is 9.80 Å². The molecular formula is C21H22F2N2O3. The Kier molecular flexibility index (Phi) is 7.40. The molecule has 148 valence electrons. The zero-order valence-electron chi connectivity index (χ0n) is 15.8. The summed E-state index contributed by atoms with van der Waals surface area (Å²) < 4.78 is 32.4. The molecule has 0 saturated carbocycles. The van der Waals surface area contributed by atoms with Gasteiger partial charge >= 0.3 is 5.97 Å².